The monoisotopic (exact) mass is 407 g/mol. The fraction of sp³-hybridized carbons (Fsp3) is 0.500. The van der Waals surface area contributed by atoms with Crippen molar-refractivity contribution in [1.82, 2.24) is 19.9 Å². The van der Waals surface area contributed by atoms with Crippen molar-refractivity contribution in [3.63, 3.8) is 0 Å². The van der Waals surface area contributed by atoms with Crippen LogP contribution in [0.15, 0.2) is 28.9 Å². The molecule has 30 heavy (non-hydrogen) atoms. The summed E-state index contributed by atoms with van der Waals surface area (Å²) < 4.78 is 6.10. The second-order valence-corrected chi connectivity index (χ2v) is 8.43. The van der Waals surface area contributed by atoms with E-state index < -0.39 is 0 Å². The zero-order valence-corrected chi connectivity index (χ0v) is 17.7. The summed E-state index contributed by atoms with van der Waals surface area (Å²) in [4.78, 5) is 20.6. The number of hydrogen-bond donors (Lipinski definition) is 1. The molecule has 2 aliphatic rings. The normalized spacial score (nSPS) is 20.4. The van der Waals surface area contributed by atoms with Crippen LogP contribution in [0, 0.1) is 13.8 Å². The van der Waals surface area contributed by atoms with Crippen LogP contribution < -0.4 is 15.5 Å². The van der Waals surface area contributed by atoms with Gasteiger partial charge in [-0.05, 0) is 32.4 Å². The fourth-order valence-corrected chi connectivity index (χ4v) is 4.40. The Morgan fingerprint density at radius 2 is 1.90 bits per heavy atom. The van der Waals surface area contributed by atoms with E-state index in [1.165, 1.54) is 11.3 Å². The Bertz CT molecular complexity index is 1040. The van der Waals surface area contributed by atoms with Gasteiger partial charge < -0.3 is 20.0 Å². The molecule has 8 heteroatoms. The average Bonchev–Trinajstić information content (AvgIpc) is 3.35. The van der Waals surface area contributed by atoms with Gasteiger partial charge in [-0.2, -0.15) is 0 Å². The smallest absolute Gasteiger partial charge is 0.209 e. The van der Waals surface area contributed by atoms with E-state index in [0.29, 0.717) is 0 Å². The summed E-state index contributed by atoms with van der Waals surface area (Å²) in [6, 6.07) is 6.54. The summed E-state index contributed by atoms with van der Waals surface area (Å²) in [6.45, 7) is 10.6. The highest BCUT2D eigenvalue weighted by Gasteiger charge is 2.23. The largest absolute Gasteiger partial charge is 0.439 e. The number of rotatable bonds is 4. The number of aromatic nitrogens is 3. The van der Waals surface area contributed by atoms with Crippen LogP contribution in [-0.4, -0.2) is 65.2 Å². The van der Waals surface area contributed by atoms with Gasteiger partial charge in [0.05, 0.1) is 6.54 Å². The highest BCUT2D eigenvalue weighted by molar-refractivity contribution is 5.77. The zero-order valence-electron chi connectivity index (χ0n) is 17.7. The molecule has 0 spiro atoms. The van der Waals surface area contributed by atoms with E-state index in [0.717, 1.165) is 80.7 Å². The number of oxazole rings is 1. The topological polar surface area (TPSA) is 87.6 Å². The zero-order chi connectivity index (χ0) is 20.7. The molecule has 2 fully saturated rings. The van der Waals surface area contributed by atoms with Crippen LogP contribution in [-0.2, 0) is 6.54 Å². The summed E-state index contributed by atoms with van der Waals surface area (Å²) in [5.74, 6) is 1.83. The Kier molecular flexibility index (Phi) is 5.04. The van der Waals surface area contributed by atoms with Gasteiger partial charge >= 0.3 is 0 Å². The van der Waals surface area contributed by atoms with Gasteiger partial charge in [-0.15, -0.1) is 0 Å². The Balaban J connectivity index is 1.24. The van der Waals surface area contributed by atoms with Gasteiger partial charge in [-0.1, -0.05) is 0 Å². The van der Waals surface area contributed by atoms with Gasteiger partial charge in [0, 0.05) is 68.3 Å². The van der Waals surface area contributed by atoms with Crippen LogP contribution >= 0.6 is 0 Å². The standard InChI is InChI=1S/C22H29N7O/c1-15-16(2)24-14-25-22(15)28-9-7-27(8-10-28)13-21-26-19-4-3-18(11-20(19)30-21)29-6-5-17(23)12-29/h3-4,11,14,17H,5-10,12-13,23H2,1-2H3/t17-/m1/s1. The van der Waals surface area contributed by atoms with Crippen molar-refractivity contribution in [1.29, 1.82) is 0 Å². The summed E-state index contributed by atoms with van der Waals surface area (Å²) in [6.07, 6.45) is 2.70. The fourth-order valence-electron chi connectivity index (χ4n) is 4.40. The molecule has 3 aromatic rings. The molecule has 0 amide bonds. The van der Waals surface area contributed by atoms with Crippen molar-refractivity contribution in [3.05, 3.63) is 41.7 Å². The van der Waals surface area contributed by atoms with Crippen LogP contribution in [0.5, 0.6) is 0 Å². The lowest BCUT2D eigenvalue weighted by atomic mass is 10.2. The maximum Gasteiger partial charge on any atom is 0.209 e. The molecule has 2 aliphatic heterocycles. The molecular weight excluding hydrogens is 378 g/mol. The number of fused-ring (bicyclic) bond motifs is 1. The molecule has 1 atom stereocenters. The molecule has 4 heterocycles. The van der Waals surface area contributed by atoms with Crippen molar-refractivity contribution in [2.24, 2.45) is 5.73 Å². The average molecular weight is 408 g/mol. The minimum atomic E-state index is 0.264. The molecule has 0 bridgehead atoms. The first-order valence-electron chi connectivity index (χ1n) is 10.7. The molecule has 0 radical (unpaired) electrons. The van der Waals surface area contributed by atoms with E-state index in [-0.39, 0.29) is 6.04 Å². The molecule has 1 aromatic carbocycles. The van der Waals surface area contributed by atoms with Crippen LogP contribution in [0.3, 0.4) is 0 Å². The van der Waals surface area contributed by atoms with Gasteiger partial charge in [-0.25, -0.2) is 15.0 Å². The molecule has 0 saturated carbocycles. The van der Waals surface area contributed by atoms with Crippen molar-refractivity contribution < 1.29 is 4.42 Å². The Morgan fingerprint density at radius 3 is 2.67 bits per heavy atom. The minimum absolute atomic E-state index is 0.264. The lowest BCUT2D eigenvalue weighted by Crippen LogP contribution is -2.46. The lowest BCUT2D eigenvalue weighted by Gasteiger charge is -2.35. The van der Waals surface area contributed by atoms with E-state index >= 15 is 0 Å². The summed E-state index contributed by atoms with van der Waals surface area (Å²) in [5.41, 5.74) is 11.2. The lowest BCUT2D eigenvalue weighted by molar-refractivity contribution is 0.228. The second-order valence-electron chi connectivity index (χ2n) is 8.43. The number of piperazine rings is 1. The predicted molar refractivity (Wildman–Crippen MR) is 118 cm³/mol. The quantitative estimate of drug-likeness (QED) is 0.704. The van der Waals surface area contributed by atoms with E-state index in [9.17, 15) is 0 Å². The molecule has 0 aliphatic carbocycles. The maximum atomic E-state index is 6.10. The molecule has 2 aromatic heterocycles. The summed E-state index contributed by atoms with van der Waals surface area (Å²) in [7, 11) is 0. The number of nitrogens with two attached hydrogens (primary N) is 1. The number of benzene rings is 1. The third-order valence-corrected chi connectivity index (χ3v) is 6.35. The third kappa shape index (κ3) is 3.73. The minimum Gasteiger partial charge on any atom is -0.439 e. The van der Waals surface area contributed by atoms with Crippen LogP contribution in [0.25, 0.3) is 11.1 Å². The van der Waals surface area contributed by atoms with E-state index in [4.69, 9.17) is 15.1 Å². The Labute approximate surface area is 176 Å². The highest BCUT2D eigenvalue weighted by atomic mass is 16.3. The number of anilines is 2. The van der Waals surface area contributed by atoms with E-state index in [2.05, 4.69) is 49.8 Å². The first kappa shape index (κ1) is 19.3. The first-order chi connectivity index (χ1) is 14.6. The van der Waals surface area contributed by atoms with Crippen molar-refractivity contribution in [2.45, 2.75) is 32.9 Å². The first-order valence-corrected chi connectivity index (χ1v) is 10.7. The molecule has 8 nitrogen and oxygen atoms in total. The van der Waals surface area contributed by atoms with Gasteiger partial charge in [-0.3, -0.25) is 4.90 Å². The van der Waals surface area contributed by atoms with E-state index in [1.54, 1.807) is 6.33 Å². The molecule has 0 unspecified atom stereocenters. The van der Waals surface area contributed by atoms with Gasteiger partial charge in [0.2, 0.25) is 5.89 Å². The molecule has 5 rings (SSSR count). The van der Waals surface area contributed by atoms with Gasteiger partial charge in [0.15, 0.2) is 5.58 Å². The second kappa shape index (κ2) is 7.85. The summed E-state index contributed by atoms with van der Waals surface area (Å²) >= 11 is 0. The molecule has 158 valence electrons. The Morgan fingerprint density at radius 1 is 1.07 bits per heavy atom. The number of nitrogens with zero attached hydrogens (tertiary/aromatic N) is 6. The highest BCUT2D eigenvalue weighted by Crippen LogP contribution is 2.26. The van der Waals surface area contributed by atoms with Gasteiger partial charge in [0.1, 0.15) is 17.7 Å². The molecule has 2 saturated heterocycles. The SMILES string of the molecule is Cc1ncnc(N2CCN(Cc3nc4ccc(N5CC[C@@H](N)C5)cc4o3)CC2)c1C. The molecule has 2 N–H and O–H groups in total. The Hall–Kier alpha value is -2.71. The number of hydrogen-bond acceptors (Lipinski definition) is 8. The maximum absolute atomic E-state index is 6.10. The van der Waals surface area contributed by atoms with Crippen LogP contribution in [0.4, 0.5) is 11.5 Å². The van der Waals surface area contributed by atoms with Crippen molar-refractivity contribution in [3.8, 4) is 0 Å². The van der Waals surface area contributed by atoms with Crippen molar-refractivity contribution in [2.75, 3.05) is 49.1 Å². The van der Waals surface area contributed by atoms with E-state index in [1.807, 2.05) is 6.92 Å². The molecular formula is C22H29N7O. The summed E-state index contributed by atoms with van der Waals surface area (Å²) in [5, 5.41) is 0. The third-order valence-electron chi connectivity index (χ3n) is 6.35. The predicted octanol–water partition coefficient (Wildman–Crippen LogP) is 2.09. The van der Waals surface area contributed by atoms with Crippen LogP contribution in [0.2, 0.25) is 0 Å². The van der Waals surface area contributed by atoms with Crippen molar-refractivity contribution >= 4 is 22.6 Å². The van der Waals surface area contributed by atoms with Gasteiger partial charge in [0.25, 0.3) is 0 Å². The van der Waals surface area contributed by atoms with Crippen LogP contribution in [0.1, 0.15) is 23.6 Å². The number of aryl methyl sites for hydroxylation is 1.